The highest BCUT2D eigenvalue weighted by Gasteiger charge is 2.30. The molecule has 0 bridgehead atoms. The van der Waals surface area contributed by atoms with Crippen LogP contribution >= 0.6 is 11.3 Å². The maximum atomic E-state index is 13.8. The van der Waals surface area contributed by atoms with Gasteiger partial charge < -0.3 is 4.90 Å². The second kappa shape index (κ2) is 8.87. The van der Waals surface area contributed by atoms with Gasteiger partial charge in [0.1, 0.15) is 4.83 Å². The van der Waals surface area contributed by atoms with Crippen LogP contribution in [-0.4, -0.2) is 33.0 Å². The molecule has 176 valence electrons. The molecule has 0 unspecified atom stereocenters. The summed E-state index contributed by atoms with van der Waals surface area (Å²) in [6.45, 7) is 6.00. The van der Waals surface area contributed by atoms with E-state index in [-0.39, 0.29) is 23.1 Å². The lowest BCUT2D eigenvalue weighted by atomic mass is 9.99. The van der Waals surface area contributed by atoms with Crippen LogP contribution < -0.4 is 11.2 Å². The number of thiophene rings is 1. The Morgan fingerprint density at radius 3 is 2.47 bits per heavy atom. The van der Waals surface area contributed by atoms with E-state index in [2.05, 4.69) is 24.3 Å². The van der Waals surface area contributed by atoms with Crippen molar-refractivity contribution in [3.63, 3.8) is 0 Å². The summed E-state index contributed by atoms with van der Waals surface area (Å²) >= 11 is 1.42. The van der Waals surface area contributed by atoms with Crippen LogP contribution in [-0.2, 0) is 20.0 Å². The molecule has 0 spiro atoms. The molecule has 1 fully saturated rings. The van der Waals surface area contributed by atoms with Crippen molar-refractivity contribution in [2.24, 2.45) is 13.0 Å². The Bertz CT molecular complexity index is 1510. The second-order valence-electron chi connectivity index (χ2n) is 9.55. The predicted octanol–water partition coefficient (Wildman–Crippen LogP) is 4.40. The van der Waals surface area contributed by atoms with E-state index in [1.807, 2.05) is 36.9 Å². The Labute approximate surface area is 202 Å². The number of hydrogen-bond acceptors (Lipinski definition) is 4. The van der Waals surface area contributed by atoms with Crippen LogP contribution in [0.4, 0.5) is 0 Å². The van der Waals surface area contributed by atoms with E-state index in [0.717, 1.165) is 38.6 Å². The second-order valence-corrected chi connectivity index (χ2v) is 10.6. The summed E-state index contributed by atoms with van der Waals surface area (Å²) in [6.07, 6.45) is 2.49. The lowest BCUT2D eigenvalue weighted by molar-refractivity contribution is 0.0794. The molecular weight excluding hydrogens is 446 g/mol. The average Bonchev–Trinajstić information content (AvgIpc) is 3.49. The average molecular weight is 476 g/mol. The quantitative estimate of drug-likeness (QED) is 0.430. The van der Waals surface area contributed by atoms with Crippen molar-refractivity contribution in [1.29, 1.82) is 0 Å². The van der Waals surface area contributed by atoms with Crippen molar-refractivity contribution in [3.05, 3.63) is 79.3 Å². The number of hydrogen-bond donors (Lipinski definition) is 0. The van der Waals surface area contributed by atoms with E-state index in [0.29, 0.717) is 41.8 Å². The number of carbonyl (C=O) groups excluding carboxylic acids is 1. The largest absolute Gasteiger partial charge is 0.339 e. The molecule has 3 heterocycles. The van der Waals surface area contributed by atoms with E-state index < -0.39 is 0 Å². The highest BCUT2D eigenvalue weighted by atomic mass is 32.1. The van der Waals surface area contributed by atoms with E-state index >= 15 is 0 Å². The van der Waals surface area contributed by atoms with E-state index in [4.69, 9.17) is 0 Å². The fourth-order valence-electron chi connectivity index (χ4n) is 4.95. The number of rotatable bonds is 5. The Kier molecular flexibility index (Phi) is 5.90. The van der Waals surface area contributed by atoms with E-state index in [1.165, 1.54) is 18.4 Å². The smallest absolute Gasteiger partial charge is 0.331 e. The first-order valence-electron chi connectivity index (χ1n) is 11.9. The molecule has 34 heavy (non-hydrogen) atoms. The molecule has 1 aliphatic rings. The summed E-state index contributed by atoms with van der Waals surface area (Å²) in [5.41, 5.74) is 0.870. The van der Waals surface area contributed by atoms with Gasteiger partial charge in [-0.3, -0.25) is 18.7 Å². The zero-order chi connectivity index (χ0) is 24.0. The first-order chi connectivity index (χ1) is 16.4. The molecule has 0 N–H and O–H groups in total. The third-order valence-electron chi connectivity index (χ3n) is 6.63. The molecular formula is C27H29N3O3S. The van der Waals surface area contributed by atoms with Crippen molar-refractivity contribution >= 4 is 38.2 Å². The number of amides is 1. The van der Waals surface area contributed by atoms with Crippen LogP contribution in [0, 0.1) is 5.92 Å². The molecule has 7 heteroatoms. The molecule has 0 saturated carbocycles. The number of likely N-dealkylation sites (tertiary alicyclic amines) is 1. The van der Waals surface area contributed by atoms with Gasteiger partial charge >= 0.3 is 5.69 Å². The van der Waals surface area contributed by atoms with Crippen molar-refractivity contribution in [3.8, 4) is 0 Å². The molecule has 1 aliphatic heterocycles. The normalized spacial score (nSPS) is 14.1. The van der Waals surface area contributed by atoms with Gasteiger partial charge in [0.25, 0.3) is 11.5 Å². The van der Waals surface area contributed by atoms with Gasteiger partial charge in [-0.05, 0) is 35.1 Å². The SMILES string of the molecule is CC(C)Cn1c(=O)n(C)c(=O)c2c(C(=O)N3CCCC3)c(Cc3cccc4ccccc34)sc21. The number of nitrogens with zero attached hydrogens (tertiary/aromatic N) is 3. The molecule has 5 rings (SSSR count). The summed E-state index contributed by atoms with van der Waals surface area (Å²) in [7, 11) is 1.51. The van der Waals surface area contributed by atoms with Crippen molar-refractivity contribution in [2.45, 2.75) is 39.7 Å². The van der Waals surface area contributed by atoms with Crippen LogP contribution in [0.25, 0.3) is 21.0 Å². The number of fused-ring (bicyclic) bond motifs is 2. The van der Waals surface area contributed by atoms with Crippen LogP contribution in [0.5, 0.6) is 0 Å². The Morgan fingerprint density at radius 1 is 1.03 bits per heavy atom. The van der Waals surface area contributed by atoms with Crippen LogP contribution in [0.2, 0.25) is 0 Å². The minimum atomic E-state index is -0.386. The Morgan fingerprint density at radius 2 is 1.74 bits per heavy atom. The van der Waals surface area contributed by atoms with Gasteiger partial charge in [0, 0.05) is 38.0 Å². The summed E-state index contributed by atoms with van der Waals surface area (Å²) < 4.78 is 2.83. The zero-order valence-electron chi connectivity index (χ0n) is 19.8. The maximum absolute atomic E-state index is 13.8. The molecule has 0 radical (unpaired) electrons. The topological polar surface area (TPSA) is 64.3 Å². The van der Waals surface area contributed by atoms with Gasteiger partial charge in [0.05, 0.1) is 10.9 Å². The van der Waals surface area contributed by atoms with Crippen LogP contribution in [0.3, 0.4) is 0 Å². The summed E-state index contributed by atoms with van der Waals surface area (Å²) in [6, 6.07) is 14.4. The molecule has 6 nitrogen and oxygen atoms in total. The maximum Gasteiger partial charge on any atom is 0.331 e. The van der Waals surface area contributed by atoms with Gasteiger partial charge in [-0.15, -0.1) is 11.3 Å². The molecule has 0 atom stereocenters. The number of benzene rings is 2. The zero-order valence-corrected chi connectivity index (χ0v) is 20.7. The first-order valence-corrected chi connectivity index (χ1v) is 12.7. The van der Waals surface area contributed by atoms with E-state index in [9.17, 15) is 14.4 Å². The molecule has 0 aliphatic carbocycles. The van der Waals surface area contributed by atoms with Gasteiger partial charge in [-0.1, -0.05) is 56.3 Å². The molecule has 1 amide bonds. The fourth-order valence-corrected chi connectivity index (χ4v) is 6.26. The van der Waals surface area contributed by atoms with Crippen molar-refractivity contribution < 1.29 is 4.79 Å². The first kappa shape index (κ1) is 22.6. The standard InChI is InChI=1S/C27H29N3O3S/c1-17(2)16-30-26-23(24(31)28(3)27(30)33)22(25(32)29-13-6-7-14-29)21(34-26)15-19-11-8-10-18-9-4-5-12-20(18)19/h4-5,8-12,17H,6-7,13-16H2,1-3H3. The van der Waals surface area contributed by atoms with Crippen molar-refractivity contribution in [1.82, 2.24) is 14.0 Å². The Balaban J connectivity index is 1.78. The Hall–Kier alpha value is -3.19. The molecule has 1 saturated heterocycles. The lowest BCUT2D eigenvalue weighted by Crippen LogP contribution is -2.39. The highest BCUT2D eigenvalue weighted by Crippen LogP contribution is 2.34. The van der Waals surface area contributed by atoms with E-state index in [1.54, 1.807) is 4.57 Å². The minimum Gasteiger partial charge on any atom is -0.339 e. The summed E-state index contributed by atoms with van der Waals surface area (Å²) in [5.74, 6) is 0.130. The molecule has 2 aromatic heterocycles. The summed E-state index contributed by atoms with van der Waals surface area (Å²) in [5, 5.41) is 2.66. The monoisotopic (exact) mass is 475 g/mol. The summed E-state index contributed by atoms with van der Waals surface area (Å²) in [4.78, 5) is 43.5. The van der Waals surface area contributed by atoms with Gasteiger partial charge in [0.2, 0.25) is 0 Å². The third-order valence-corrected chi connectivity index (χ3v) is 7.84. The van der Waals surface area contributed by atoms with Gasteiger partial charge in [-0.25, -0.2) is 4.79 Å². The number of aromatic nitrogens is 2. The fraction of sp³-hybridized carbons (Fsp3) is 0.370. The number of carbonyl (C=O) groups is 1. The van der Waals surface area contributed by atoms with Crippen molar-refractivity contribution in [2.75, 3.05) is 13.1 Å². The molecule has 2 aromatic carbocycles. The third kappa shape index (κ3) is 3.78. The molecule has 4 aromatic rings. The van der Waals surface area contributed by atoms with Crippen LogP contribution in [0.15, 0.2) is 52.1 Å². The van der Waals surface area contributed by atoms with Crippen LogP contribution in [0.1, 0.15) is 47.5 Å². The van der Waals surface area contributed by atoms with Gasteiger partial charge in [-0.2, -0.15) is 0 Å². The lowest BCUT2D eigenvalue weighted by Gasteiger charge is -2.16. The minimum absolute atomic E-state index is 0.0918. The highest BCUT2D eigenvalue weighted by molar-refractivity contribution is 7.19. The van der Waals surface area contributed by atoms with Gasteiger partial charge in [0.15, 0.2) is 0 Å². The predicted molar refractivity (Wildman–Crippen MR) is 138 cm³/mol.